The Hall–Kier alpha value is -10.6. The second kappa shape index (κ2) is 33.1. The van der Waals surface area contributed by atoms with Crippen LogP contribution in [0.15, 0.2) is 83.7 Å². The van der Waals surface area contributed by atoms with Crippen LogP contribution in [0.2, 0.25) is 0 Å². The minimum absolute atomic E-state index is 0.00380. The van der Waals surface area contributed by atoms with Gasteiger partial charge in [0.1, 0.15) is 54.8 Å². The second-order valence-electron chi connectivity index (χ2n) is 29.8. The number of anilines is 1. The first-order valence-electron chi connectivity index (χ1n) is 37.0. The van der Waals surface area contributed by atoms with E-state index in [1.54, 1.807) is 30.5 Å². The van der Waals surface area contributed by atoms with Gasteiger partial charge in [-0.2, -0.15) is 0 Å². The molecule has 1 saturated heterocycles. The highest BCUT2D eigenvalue weighted by atomic mass is 19.1. The number of benzene rings is 4. The number of aromatic nitrogens is 5. The number of para-hydroxylation sites is 1. The van der Waals surface area contributed by atoms with Crippen LogP contribution in [0.3, 0.4) is 0 Å². The van der Waals surface area contributed by atoms with Crippen LogP contribution in [0.5, 0.6) is 5.75 Å². The molecule has 590 valence electrons. The molecule has 0 spiro atoms. The van der Waals surface area contributed by atoms with Gasteiger partial charge in [0.15, 0.2) is 11.7 Å². The molecular formula is C79H92FN11O20. The van der Waals surface area contributed by atoms with E-state index >= 15 is 4.39 Å². The number of carboxylic acid groups (broad SMARTS) is 1. The zero-order valence-corrected chi connectivity index (χ0v) is 62.9. The highest BCUT2D eigenvalue weighted by Gasteiger charge is 2.49. The number of pyridine rings is 2. The number of amides is 6. The van der Waals surface area contributed by atoms with Gasteiger partial charge in [0.2, 0.25) is 35.8 Å². The quantitative estimate of drug-likeness (QED) is 0.0207. The summed E-state index contributed by atoms with van der Waals surface area (Å²) in [6.45, 7) is 9.60. The first-order chi connectivity index (χ1) is 52.9. The Bertz CT molecular complexity index is 4870. The molecular weight excluding hydrogens is 1440 g/mol. The lowest BCUT2D eigenvalue weighted by molar-refractivity contribution is -0.271. The molecule has 6 amide bonds. The fourth-order valence-corrected chi connectivity index (χ4v) is 14.7. The second-order valence-corrected chi connectivity index (χ2v) is 29.8. The van der Waals surface area contributed by atoms with E-state index < -0.39 is 119 Å². The van der Waals surface area contributed by atoms with Crippen molar-refractivity contribution in [3.63, 3.8) is 0 Å². The molecule has 4 aliphatic heterocycles. The van der Waals surface area contributed by atoms with E-state index in [1.807, 2.05) is 83.3 Å². The molecule has 111 heavy (non-hydrogen) atoms. The molecule has 32 heteroatoms. The normalized spacial score (nSPS) is 19.8. The van der Waals surface area contributed by atoms with Crippen LogP contribution in [-0.2, 0) is 109 Å². The zero-order chi connectivity index (χ0) is 79.5. The van der Waals surface area contributed by atoms with Gasteiger partial charge >= 0.3 is 18.0 Å². The summed E-state index contributed by atoms with van der Waals surface area (Å²) in [5, 5.41) is 76.6. The Morgan fingerprint density at radius 1 is 0.811 bits per heavy atom. The van der Waals surface area contributed by atoms with Crippen LogP contribution in [0.1, 0.15) is 155 Å². The molecule has 12 rings (SSSR count). The Morgan fingerprint density at radius 3 is 2.31 bits per heavy atom. The number of rotatable bonds is 29. The SMILES string of the molecule is CC[C@@]1(O)C(=O)OCc2c1cc1n(c2=O)Cc2c-1nc1cc(F)c(C)c3c1c2[C@@H](NC(=O)OCc1ccc(O[C@@H]2O[C@H](C(=O)O)[C@@H](O)[C@H](O)[C@H]2O)c(CNC(=O)CCNC(=O)[C@H](CNC(=O)CCC(C)(C)OCCC(C)(C)OC)NC(=O)CCCCC(=O)N2Cc4ccccc4-c4c(nnn4C)-c4ccccc42)c1)CC3. The largest absolute Gasteiger partial charge is 0.479 e. The van der Waals surface area contributed by atoms with E-state index in [4.69, 9.17) is 33.4 Å². The summed E-state index contributed by atoms with van der Waals surface area (Å²) in [5.74, 6) is -5.80. The maximum Gasteiger partial charge on any atom is 0.407 e. The molecule has 5 aliphatic rings. The molecule has 7 aromatic rings. The number of aliphatic hydroxyl groups excluding tert-OH is 3. The highest BCUT2D eigenvalue weighted by Crippen LogP contribution is 2.47. The molecule has 8 atom stereocenters. The fraction of sp³-hybridized carbons (Fsp3) is 0.468. The number of carbonyl (C=O) groups is 8. The van der Waals surface area contributed by atoms with Gasteiger partial charge in [-0.05, 0) is 132 Å². The molecule has 10 N–H and O–H groups in total. The number of cyclic esters (lactones) is 1. The minimum atomic E-state index is -2.12. The summed E-state index contributed by atoms with van der Waals surface area (Å²) >= 11 is 0. The van der Waals surface area contributed by atoms with Gasteiger partial charge in [0.25, 0.3) is 5.56 Å². The molecule has 0 radical (unpaired) electrons. The van der Waals surface area contributed by atoms with E-state index in [0.29, 0.717) is 76.9 Å². The van der Waals surface area contributed by atoms with Crippen LogP contribution < -0.4 is 41.8 Å². The number of nitrogens with one attached hydrogen (secondary N) is 5. The van der Waals surface area contributed by atoms with E-state index in [9.17, 15) is 68.7 Å². The lowest BCUT2D eigenvalue weighted by Crippen LogP contribution is -2.61. The molecule has 0 unspecified atom stereocenters. The van der Waals surface area contributed by atoms with Gasteiger partial charge in [0.05, 0.1) is 70.8 Å². The number of aryl methyl sites for hydroxylation is 2. The number of unbranched alkanes of at least 4 members (excludes halogenated alkanes) is 1. The van der Waals surface area contributed by atoms with Crippen molar-refractivity contribution >= 4 is 64.2 Å². The van der Waals surface area contributed by atoms with Crippen molar-refractivity contribution in [3.8, 4) is 39.7 Å². The average Bonchev–Trinajstić information content (AvgIpc) is 1.58. The molecule has 1 fully saturated rings. The Labute approximate surface area is 637 Å². The molecule has 0 bridgehead atoms. The van der Waals surface area contributed by atoms with Gasteiger partial charge in [-0.25, -0.2) is 28.4 Å². The lowest BCUT2D eigenvalue weighted by Gasteiger charge is -2.38. The number of carboxylic acids is 1. The van der Waals surface area contributed by atoms with E-state index in [2.05, 4.69) is 36.9 Å². The number of methoxy groups -OCH3 is 1. The third kappa shape index (κ3) is 17.0. The number of halogens is 1. The van der Waals surface area contributed by atoms with Crippen molar-refractivity contribution in [3.05, 3.63) is 145 Å². The highest BCUT2D eigenvalue weighted by molar-refractivity contribution is 6.00. The van der Waals surface area contributed by atoms with Crippen molar-refractivity contribution in [1.82, 2.24) is 51.1 Å². The van der Waals surface area contributed by atoms with Crippen molar-refractivity contribution in [2.75, 3.05) is 31.7 Å². The van der Waals surface area contributed by atoms with Crippen LogP contribution >= 0.6 is 0 Å². The number of hydrogen-bond acceptors (Lipinski definition) is 22. The third-order valence-corrected chi connectivity index (χ3v) is 21.4. The van der Waals surface area contributed by atoms with Gasteiger partial charge in [0, 0.05) is 98.7 Å². The standard InChI is InChI=1S/C79H92FN11O20/c1-9-79(105)50-33-56-64-48(38-91(56)72(100)49(50)40-107-75(79)103)63-52(24-23-45-41(2)51(80)34-53(85-64)62(45)63)86-76(104)108-39-42-22-25-57(110-74-69(98)67(96)68(97)70(111-74)73(101)102)44(32-42)35-82-59(93)27-30-81-71(99)54(36-83-58(92)26-28-78(5,6)109-31-29-77(3,4)106-8)84-60(94)20-14-15-21-61(95)90-37-43-16-10-11-17-46(43)66-65(87-88-89(66)7)47-18-12-13-19-55(47)90/h10-13,16-19,22,25,32-34,52,54,67-70,74,96-98,105H,9,14-15,20-21,23-24,26-31,35-40H2,1-8H3,(H,81,99)(H,82,93)(H,83,92)(H,84,94)(H,86,104)(H,101,102)/t52-,54-,67-,68-,69+,70-,74+,79-/m0/s1. The predicted octanol–water partition coefficient (Wildman–Crippen LogP) is 5.40. The lowest BCUT2D eigenvalue weighted by atomic mass is 9.81. The smallest absolute Gasteiger partial charge is 0.407 e. The number of fused-ring (bicyclic) bond motifs is 10. The first-order valence-corrected chi connectivity index (χ1v) is 37.0. The van der Waals surface area contributed by atoms with Crippen molar-refractivity contribution in [1.29, 1.82) is 0 Å². The van der Waals surface area contributed by atoms with E-state index in [0.717, 1.165) is 22.4 Å². The topological polar surface area (TPSA) is 422 Å². The Kier molecular flexibility index (Phi) is 23.9. The number of ether oxygens (including phenoxy) is 6. The minimum Gasteiger partial charge on any atom is -0.479 e. The summed E-state index contributed by atoms with van der Waals surface area (Å²) in [5.41, 5.74) is 4.39. The number of aliphatic hydroxyl groups is 4. The van der Waals surface area contributed by atoms with Gasteiger partial charge in [-0.3, -0.25) is 28.8 Å². The number of nitrogens with zero attached hydrogens (tertiary/aromatic N) is 6. The number of alkyl carbamates (subject to hydrolysis) is 1. The van der Waals surface area contributed by atoms with Crippen LogP contribution in [0.4, 0.5) is 14.9 Å². The predicted molar refractivity (Wildman–Crippen MR) is 396 cm³/mol. The number of carbonyl (C=O) groups excluding carboxylic acids is 7. The molecule has 0 saturated carbocycles. The Balaban J connectivity index is 0.708. The molecule has 3 aromatic heterocycles. The van der Waals surface area contributed by atoms with Crippen LogP contribution in [-0.4, -0.2) is 172 Å². The molecule has 7 heterocycles. The van der Waals surface area contributed by atoms with Gasteiger partial charge < -0.3 is 90.0 Å². The summed E-state index contributed by atoms with van der Waals surface area (Å²) in [6, 6.07) is 20.2. The van der Waals surface area contributed by atoms with Crippen LogP contribution in [0.25, 0.3) is 44.8 Å². The number of esters is 1. The van der Waals surface area contributed by atoms with Crippen molar-refractivity contribution < 1.29 is 96.7 Å². The van der Waals surface area contributed by atoms with Crippen molar-refractivity contribution in [2.45, 2.75) is 205 Å². The summed E-state index contributed by atoms with van der Waals surface area (Å²) in [6.07, 6.45) is -9.38. The fourth-order valence-electron chi connectivity index (χ4n) is 14.7. The maximum absolute atomic E-state index is 15.7. The van der Waals surface area contributed by atoms with E-state index in [1.165, 1.54) is 34.9 Å². The monoisotopic (exact) mass is 1530 g/mol. The number of hydrogen-bond donors (Lipinski definition) is 10. The van der Waals surface area contributed by atoms with Crippen LogP contribution in [0, 0.1) is 12.7 Å². The number of aliphatic carboxylic acids is 1. The summed E-state index contributed by atoms with van der Waals surface area (Å²) in [4.78, 5) is 129. The molecule has 4 aromatic carbocycles. The van der Waals surface area contributed by atoms with Gasteiger partial charge in [-0.1, -0.05) is 60.7 Å². The van der Waals surface area contributed by atoms with E-state index in [-0.39, 0.29) is 130 Å². The zero-order valence-electron chi connectivity index (χ0n) is 62.9. The van der Waals surface area contributed by atoms with Gasteiger partial charge in [-0.15, -0.1) is 5.10 Å². The third-order valence-electron chi connectivity index (χ3n) is 21.4. The summed E-state index contributed by atoms with van der Waals surface area (Å²) in [7, 11) is 3.43. The molecule has 1 aliphatic carbocycles. The Morgan fingerprint density at radius 2 is 1.55 bits per heavy atom. The van der Waals surface area contributed by atoms with Crippen molar-refractivity contribution in [2.24, 2.45) is 7.05 Å². The first kappa shape index (κ1) is 79.9. The maximum atomic E-state index is 15.7. The average molecular weight is 1530 g/mol. The molecule has 31 nitrogen and oxygen atoms in total. The summed E-state index contributed by atoms with van der Waals surface area (Å²) < 4.78 is 52.9.